The minimum Gasteiger partial charge on any atom is -0.316 e. The lowest BCUT2D eigenvalue weighted by molar-refractivity contribution is 0.370. The quantitative estimate of drug-likeness (QED) is 0.807. The van der Waals surface area contributed by atoms with Crippen LogP contribution in [-0.2, 0) is 6.42 Å². The fourth-order valence-corrected chi connectivity index (χ4v) is 3.30. The molecule has 1 aliphatic heterocycles. The topological polar surface area (TPSA) is 42.7 Å². The molecule has 1 unspecified atom stereocenters. The van der Waals surface area contributed by atoms with Crippen LogP contribution in [0.5, 0.6) is 0 Å². The third-order valence-corrected chi connectivity index (χ3v) is 4.37. The molecule has 3 heterocycles. The highest BCUT2D eigenvalue weighted by Crippen LogP contribution is 2.23. The van der Waals surface area contributed by atoms with E-state index >= 15 is 0 Å². The van der Waals surface area contributed by atoms with Gasteiger partial charge in [0.15, 0.2) is 5.65 Å². The van der Waals surface area contributed by atoms with Gasteiger partial charge in [0.25, 0.3) is 0 Å². The molecule has 0 radical (unpaired) electrons. The summed E-state index contributed by atoms with van der Waals surface area (Å²) >= 11 is 0. The number of aromatic nitrogens is 3. The number of imidazole rings is 1. The van der Waals surface area contributed by atoms with Gasteiger partial charge in [-0.15, -0.1) is 0 Å². The molecule has 112 valence electrons. The molecule has 2 aromatic heterocycles. The van der Waals surface area contributed by atoms with Crippen molar-refractivity contribution in [1.82, 2.24) is 19.9 Å². The van der Waals surface area contributed by atoms with Crippen molar-refractivity contribution >= 4 is 11.2 Å². The van der Waals surface area contributed by atoms with Crippen molar-refractivity contribution in [3.8, 4) is 5.69 Å². The molecular weight excluding hydrogens is 272 g/mol. The third-order valence-electron chi connectivity index (χ3n) is 4.37. The Labute approximate surface area is 130 Å². The molecule has 0 bridgehead atoms. The molecule has 0 spiro atoms. The maximum Gasteiger partial charge on any atom is 0.164 e. The summed E-state index contributed by atoms with van der Waals surface area (Å²) in [6.07, 6.45) is 5.38. The van der Waals surface area contributed by atoms with Gasteiger partial charge in [-0.25, -0.2) is 9.97 Å². The molecule has 1 aliphatic rings. The van der Waals surface area contributed by atoms with Crippen molar-refractivity contribution in [3.63, 3.8) is 0 Å². The highest BCUT2D eigenvalue weighted by Gasteiger charge is 2.19. The normalized spacial score (nSPS) is 18.6. The third kappa shape index (κ3) is 2.50. The predicted octanol–water partition coefficient (Wildman–Crippen LogP) is 2.96. The molecule has 22 heavy (non-hydrogen) atoms. The summed E-state index contributed by atoms with van der Waals surface area (Å²) in [7, 11) is 0. The Morgan fingerprint density at radius 1 is 1.14 bits per heavy atom. The van der Waals surface area contributed by atoms with Crippen LogP contribution < -0.4 is 5.32 Å². The lowest BCUT2D eigenvalue weighted by atomic mass is 9.96. The van der Waals surface area contributed by atoms with Gasteiger partial charge in [-0.1, -0.05) is 18.2 Å². The first-order valence-corrected chi connectivity index (χ1v) is 8.00. The van der Waals surface area contributed by atoms with Gasteiger partial charge in [0.1, 0.15) is 11.3 Å². The summed E-state index contributed by atoms with van der Waals surface area (Å²) in [5.74, 6) is 1.78. The maximum absolute atomic E-state index is 4.86. The van der Waals surface area contributed by atoms with Crippen LogP contribution in [0, 0.1) is 5.92 Å². The molecule has 1 N–H and O–H groups in total. The van der Waals surface area contributed by atoms with E-state index in [9.17, 15) is 0 Å². The second-order valence-corrected chi connectivity index (χ2v) is 5.96. The molecule has 4 heteroatoms. The highest BCUT2D eigenvalue weighted by atomic mass is 15.1. The molecule has 1 atom stereocenters. The Balaban J connectivity index is 1.79. The van der Waals surface area contributed by atoms with E-state index in [1.54, 1.807) is 0 Å². The Morgan fingerprint density at radius 3 is 2.86 bits per heavy atom. The fourth-order valence-electron chi connectivity index (χ4n) is 3.30. The zero-order valence-corrected chi connectivity index (χ0v) is 12.6. The van der Waals surface area contributed by atoms with Crippen molar-refractivity contribution in [2.45, 2.75) is 19.3 Å². The number of para-hydroxylation sites is 1. The van der Waals surface area contributed by atoms with Crippen LogP contribution in [0.3, 0.4) is 0 Å². The number of hydrogen-bond donors (Lipinski definition) is 1. The van der Waals surface area contributed by atoms with Crippen molar-refractivity contribution in [2.75, 3.05) is 13.1 Å². The number of nitrogens with zero attached hydrogens (tertiary/aromatic N) is 3. The molecule has 1 saturated heterocycles. The number of pyridine rings is 1. The Morgan fingerprint density at radius 2 is 2.05 bits per heavy atom. The Hall–Kier alpha value is -2.20. The van der Waals surface area contributed by atoms with E-state index in [-0.39, 0.29) is 0 Å². The van der Waals surface area contributed by atoms with E-state index in [2.05, 4.69) is 39.1 Å². The number of nitrogens with one attached hydrogen (secondary N) is 1. The molecule has 4 nitrogen and oxygen atoms in total. The number of hydrogen-bond acceptors (Lipinski definition) is 3. The van der Waals surface area contributed by atoms with Crippen molar-refractivity contribution in [1.29, 1.82) is 0 Å². The highest BCUT2D eigenvalue weighted by molar-refractivity contribution is 5.73. The number of fused-ring (bicyclic) bond motifs is 1. The van der Waals surface area contributed by atoms with E-state index in [0.29, 0.717) is 5.92 Å². The summed E-state index contributed by atoms with van der Waals surface area (Å²) in [5, 5.41) is 3.50. The molecule has 0 saturated carbocycles. The lowest BCUT2D eigenvalue weighted by Gasteiger charge is -2.22. The second kappa shape index (κ2) is 5.89. The number of benzene rings is 1. The SMILES string of the molecule is c1ccc(-n2c(CC3CCCNC3)nc3cccnc32)cc1. The molecule has 1 fully saturated rings. The molecule has 1 aromatic carbocycles. The van der Waals surface area contributed by atoms with Crippen LogP contribution in [-0.4, -0.2) is 27.6 Å². The van der Waals surface area contributed by atoms with Gasteiger partial charge in [-0.05, 0) is 56.1 Å². The van der Waals surface area contributed by atoms with Crippen LogP contribution >= 0.6 is 0 Å². The van der Waals surface area contributed by atoms with Gasteiger partial charge in [0.2, 0.25) is 0 Å². The summed E-state index contributed by atoms with van der Waals surface area (Å²) in [6, 6.07) is 14.4. The van der Waals surface area contributed by atoms with Crippen LogP contribution in [0.15, 0.2) is 48.7 Å². The maximum atomic E-state index is 4.86. The van der Waals surface area contributed by atoms with Crippen molar-refractivity contribution in [3.05, 3.63) is 54.5 Å². The summed E-state index contributed by atoms with van der Waals surface area (Å²) < 4.78 is 2.21. The number of piperidine rings is 1. The fraction of sp³-hybridized carbons (Fsp3) is 0.333. The van der Waals surface area contributed by atoms with Crippen molar-refractivity contribution < 1.29 is 0 Å². The first-order chi connectivity index (χ1) is 10.9. The molecule has 0 aliphatic carbocycles. The average Bonchev–Trinajstić information content (AvgIpc) is 2.94. The minimum atomic E-state index is 0.660. The van der Waals surface area contributed by atoms with Gasteiger partial charge in [0.05, 0.1) is 0 Å². The van der Waals surface area contributed by atoms with E-state index in [4.69, 9.17) is 4.98 Å². The monoisotopic (exact) mass is 292 g/mol. The van der Waals surface area contributed by atoms with Gasteiger partial charge in [0, 0.05) is 18.3 Å². The van der Waals surface area contributed by atoms with E-state index < -0.39 is 0 Å². The summed E-state index contributed by atoms with van der Waals surface area (Å²) in [6.45, 7) is 2.23. The largest absolute Gasteiger partial charge is 0.316 e. The zero-order valence-electron chi connectivity index (χ0n) is 12.6. The first-order valence-electron chi connectivity index (χ1n) is 8.00. The second-order valence-electron chi connectivity index (χ2n) is 5.96. The van der Waals surface area contributed by atoms with Crippen LogP contribution in [0.2, 0.25) is 0 Å². The Bertz CT molecular complexity index is 757. The van der Waals surface area contributed by atoms with E-state index in [1.807, 2.05) is 24.4 Å². The predicted molar refractivity (Wildman–Crippen MR) is 88.2 cm³/mol. The van der Waals surface area contributed by atoms with E-state index in [1.165, 1.54) is 12.8 Å². The van der Waals surface area contributed by atoms with Crippen molar-refractivity contribution in [2.24, 2.45) is 5.92 Å². The minimum absolute atomic E-state index is 0.660. The molecule has 4 rings (SSSR count). The van der Waals surface area contributed by atoms with E-state index in [0.717, 1.165) is 42.2 Å². The average molecular weight is 292 g/mol. The first kappa shape index (κ1) is 13.5. The van der Waals surface area contributed by atoms with Gasteiger partial charge < -0.3 is 5.32 Å². The molecule has 0 amide bonds. The summed E-state index contributed by atoms with van der Waals surface area (Å²) in [5.41, 5.74) is 3.07. The Kier molecular flexibility index (Phi) is 3.60. The van der Waals surface area contributed by atoms with Crippen LogP contribution in [0.4, 0.5) is 0 Å². The van der Waals surface area contributed by atoms with Gasteiger partial charge >= 0.3 is 0 Å². The van der Waals surface area contributed by atoms with Gasteiger partial charge in [-0.3, -0.25) is 4.57 Å². The summed E-state index contributed by atoms with van der Waals surface area (Å²) in [4.78, 5) is 9.41. The zero-order chi connectivity index (χ0) is 14.8. The van der Waals surface area contributed by atoms with Crippen LogP contribution in [0.1, 0.15) is 18.7 Å². The smallest absolute Gasteiger partial charge is 0.164 e. The lowest BCUT2D eigenvalue weighted by Crippen LogP contribution is -2.31. The number of rotatable bonds is 3. The van der Waals surface area contributed by atoms with Gasteiger partial charge in [-0.2, -0.15) is 0 Å². The molecule has 3 aromatic rings. The molecular formula is C18H20N4. The van der Waals surface area contributed by atoms with Crippen LogP contribution in [0.25, 0.3) is 16.9 Å². The standard InChI is InChI=1S/C18H20N4/c1-2-7-15(8-3-1)22-17(12-14-6-4-10-19-13-14)21-16-9-5-11-20-18(16)22/h1-3,5,7-9,11,14,19H,4,6,10,12-13H2.